The minimum absolute atomic E-state index is 0.124. The van der Waals surface area contributed by atoms with Crippen molar-refractivity contribution in [1.82, 2.24) is 25.1 Å². The number of carbonyl (C=O) groups is 1. The van der Waals surface area contributed by atoms with Crippen LogP contribution in [0.15, 0.2) is 71.9 Å². The lowest BCUT2D eigenvalue weighted by Crippen LogP contribution is -2.21. The molecule has 4 aromatic rings. The fourth-order valence-electron chi connectivity index (χ4n) is 3.58. The van der Waals surface area contributed by atoms with E-state index in [4.69, 9.17) is 4.74 Å². The summed E-state index contributed by atoms with van der Waals surface area (Å²) in [6.45, 7) is 2.46. The molecule has 172 valence electrons. The molecule has 8 nitrogen and oxygen atoms in total. The smallest absolute Gasteiger partial charge is 0.253 e. The monoisotopic (exact) mass is 455 g/mol. The van der Waals surface area contributed by atoms with Crippen LogP contribution in [0.5, 0.6) is 5.75 Å². The van der Waals surface area contributed by atoms with Gasteiger partial charge in [-0.1, -0.05) is 30.3 Å². The van der Waals surface area contributed by atoms with E-state index in [9.17, 15) is 9.59 Å². The molecule has 2 aromatic carbocycles. The second-order valence-electron chi connectivity index (χ2n) is 7.91. The van der Waals surface area contributed by atoms with Gasteiger partial charge in [0.05, 0.1) is 19.0 Å². The summed E-state index contributed by atoms with van der Waals surface area (Å²) in [4.78, 5) is 35.8. The minimum Gasteiger partial charge on any atom is -0.491 e. The van der Waals surface area contributed by atoms with Gasteiger partial charge in [0.2, 0.25) is 5.43 Å². The number of nitrogens with zero attached hydrogens (tertiary/aromatic N) is 4. The number of H-pyrrole nitrogens is 1. The highest BCUT2D eigenvalue weighted by atomic mass is 16.5. The van der Waals surface area contributed by atoms with E-state index in [2.05, 4.69) is 20.2 Å². The largest absolute Gasteiger partial charge is 0.491 e. The molecule has 1 N–H and O–H groups in total. The molecular weight excluding hydrogens is 430 g/mol. The van der Waals surface area contributed by atoms with Crippen LogP contribution in [0.2, 0.25) is 0 Å². The molecule has 4 rings (SSSR count). The van der Waals surface area contributed by atoms with Gasteiger partial charge in [-0.05, 0) is 36.2 Å². The molecular formula is C26H25N5O3. The van der Waals surface area contributed by atoms with Gasteiger partial charge < -0.3 is 9.64 Å². The van der Waals surface area contributed by atoms with Gasteiger partial charge in [0.25, 0.3) is 5.91 Å². The predicted octanol–water partition coefficient (Wildman–Crippen LogP) is 3.59. The molecule has 2 aromatic heterocycles. The summed E-state index contributed by atoms with van der Waals surface area (Å²) in [5.74, 6) is 1.07. The summed E-state index contributed by atoms with van der Waals surface area (Å²) in [7, 11) is 3.39. The van der Waals surface area contributed by atoms with Gasteiger partial charge >= 0.3 is 0 Å². The third kappa shape index (κ3) is 5.01. The first kappa shape index (κ1) is 22.8. The number of carbonyl (C=O) groups excluding carboxylic acids is 1. The molecule has 0 aliphatic heterocycles. The number of hydrogen-bond acceptors (Lipinski definition) is 6. The molecule has 0 unspecified atom stereocenters. The lowest BCUT2D eigenvalue weighted by Gasteiger charge is -2.11. The Morgan fingerprint density at radius 1 is 1.03 bits per heavy atom. The summed E-state index contributed by atoms with van der Waals surface area (Å²) in [6, 6.07) is 14.7. The van der Waals surface area contributed by atoms with Crippen molar-refractivity contribution in [3.63, 3.8) is 0 Å². The summed E-state index contributed by atoms with van der Waals surface area (Å²) < 4.78 is 5.40. The average molecular weight is 456 g/mol. The van der Waals surface area contributed by atoms with E-state index in [1.54, 1.807) is 50.9 Å². The molecule has 0 atom stereocenters. The van der Waals surface area contributed by atoms with Crippen molar-refractivity contribution in [2.24, 2.45) is 0 Å². The minimum atomic E-state index is -0.184. The van der Waals surface area contributed by atoms with Crippen molar-refractivity contribution < 1.29 is 9.53 Å². The molecule has 0 aliphatic rings. The second kappa shape index (κ2) is 10.1. The molecule has 0 bridgehead atoms. The van der Waals surface area contributed by atoms with E-state index in [1.165, 1.54) is 4.90 Å². The highest BCUT2D eigenvalue weighted by Gasteiger charge is 2.14. The Kier molecular flexibility index (Phi) is 6.77. The molecule has 34 heavy (non-hydrogen) atoms. The van der Waals surface area contributed by atoms with Crippen molar-refractivity contribution in [2.45, 2.75) is 13.3 Å². The first-order chi connectivity index (χ1) is 16.5. The number of nitrogens with one attached hydrogen (secondary N) is 1. The first-order valence-electron chi connectivity index (χ1n) is 10.9. The van der Waals surface area contributed by atoms with Gasteiger partial charge in [-0.2, -0.15) is 5.10 Å². The van der Waals surface area contributed by atoms with Crippen molar-refractivity contribution in [1.29, 1.82) is 0 Å². The maximum Gasteiger partial charge on any atom is 0.253 e. The fraction of sp³-hybridized carbons (Fsp3) is 0.192. The highest BCUT2D eigenvalue weighted by Crippen LogP contribution is 2.21. The van der Waals surface area contributed by atoms with Crippen LogP contribution in [0.4, 0.5) is 0 Å². The SMILES string of the molecule is CCOc1cnc(-c2cccc(Cc3n[nH]cc(-c4cccc(C(=O)N(C)C)c4)c3=O)c2)nc1. The Labute approximate surface area is 197 Å². The Balaban J connectivity index is 1.61. The zero-order valence-corrected chi connectivity index (χ0v) is 19.3. The third-order valence-corrected chi connectivity index (χ3v) is 5.24. The van der Waals surface area contributed by atoms with Crippen LogP contribution in [0.1, 0.15) is 28.5 Å². The second-order valence-corrected chi connectivity index (χ2v) is 7.91. The van der Waals surface area contributed by atoms with Crippen LogP contribution in [0, 0.1) is 0 Å². The lowest BCUT2D eigenvalue weighted by atomic mass is 10.0. The number of benzene rings is 2. The summed E-state index contributed by atoms with van der Waals surface area (Å²) >= 11 is 0. The van der Waals surface area contributed by atoms with Gasteiger partial charge in [-0.25, -0.2) is 9.97 Å². The zero-order chi connectivity index (χ0) is 24.1. The van der Waals surface area contributed by atoms with Crippen LogP contribution < -0.4 is 10.2 Å². The third-order valence-electron chi connectivity index (χ3n) is 5.24. The highest BCUT2D eigenvalue weighted by molar-refractivity contribution is 5.95. The van der Waals surface area contributed by atoms with E-state index in [0.29, 0.717) is 47.0 Å². The zero-order valence-electron chi connectivity index (χ0n) is 19.3. The molecule has 0 saturated heterocycles. The fourth-order valence-corrected chi connectivity index (χ4v) is 3.58. The molecule has 1 amide bonds. The standard InChI is InChI=1S/C26H25N5O3/c1-4-34-21-14-27-25(28-15-21)19-9-5-7-17(11-19)12-23-24(32)22(16-29-30-23)18-8-6-10-20(13-18)26(33)31(2)3/h5-11,13-16H,4,12H2,1-3H3,(H,29,32). The Hall–Kier alpha value is -4.33. The summed E-state index contributed by atoms with van der Waals surface area (Å²) in [6.07, 6.45) is 5.19. The Morgan fingerprint density at radius 2 is 1.76 bits per heavy atom. The average Bonchev–Trinajstić information content (AvgIpc) is 2.86. The number of hydrogen-bond donors (Lipinski definition) is 1. The molecule has 0 aliphatic carbocycles. The topological polar surface area (TPSA) is 101 Å². The van der Waals surface area contributed by atoms with Crippen molar-refractivity contribution in [2.75, 3.05) is 20.7 Å². The van der Waals surface area contributed by atoms with E-state index in [0.717, 1.165) is 11.1 Å². The van der Waals surface area contributed by atoms with E-state index in [-0.39, 0.29) is 11.3 Å². The van der Waals surface area contributed by atoms with Gasteiger partial charge in [0.15, 0.2) is 11.6 Å². The molecule has 0 radical (unpaired) electrons. The van der Waals surface area contributed by atoms with Gasteiger partial charge in [0, 0.05) is 43.4 Å². The van der Waals surface area contributed by atoms with E-state index in [1.807, 2.05) is 37.3 Å². The van der Waals surface area contributed by atoms with Crippen LogP contribution in [0.3, 0.4) is 0 Å². The normalized spacial score (nSPS) is 10.7. The Morgan fingerprint density at radius 3 is 2.50 bits per heavy atom. The van der Waals surface area contributed by atoms with E-state index >= 15 is 0 Å². The van der Waals surface area contributed by atoms with Gasteiger partial charge in [0.1, 0.15) is 5.69 Å². The molecule has 0 spiro atoms. The number of rotatable bonds is 7. The van der Waals surface area contributed by atoms with Crippen molar-refractivity contribution in [3.05, 3.63) is 94.2 Å². The van der Waals surface area contributed by atoms with Crippen LogP contribution in [-0.4, -0.2) is 51.7 Å². The number of aromatic amines is 1. The number of ether oxygens (including phenoxy) is 1. The maximum absolute atomic E-state index is 13.2. The van der Waals surface area contributed by atoms with Crippen LogP contribution >= 0.6 is 0 Å². The summed E-state index contributed by atoms with van der Waals surface area (Å²) in [5.41, 5.74) is 3.58. The number of aromatic nitrogens is 4. The van der Waals surface area contributed by atoms with Gasteiger partial charge in [-0.3, -0.25) is 14.7 Å². The van der Waals surface area contributed by atoms with Crippen molar-refractivity contribution >= 4 is 5.91 Å². The maximum atomic E-state index is 13.2. The van der Waals surface area contributed by atoms with E-state index < -0.39 is 0 Å². The molecule has 8 heteroatoms. The predicted molar refractivity (Wildman–Crippen MR) is 130 cm³/mol. The Bertz CT molecular complexity index is 1360. The van der Waals surface area contributed by atoms with Crippen LogP contribution in [0.25, 0.3) is 22.5 Å². The molecule has 2 heterocycles. The molecule has 0 fully saturated rings. The number of amides is 1. The molecule has 0 saturated carbocycles. The first-order valence-corrected chi connectivity index (χ1v) is 10.9. The summed E-state index contributed by atoms with van der Waals surface area (Å²) in [5, 5.41) is 7.06. The van der Waals surface area contributed by atoms with Crippen LogP contribution in [-0.2, 0) is 6.42 Å². The van der Waals surface area contributed by atoms with Crippen molar-refractivity contribution in [3.8, 4) is 28.3 Å². The quantitative estimate of drug-likeness (QED) is 0.457. The lowest BCUT2D eigenvalue weighted by molar-refractivity contribution is 0.0827. The van der Waals surface area contributed by atoms with Gasteiger partial charge in [-0.15, -0.1) is 0 Å².